The van der Waals surface area contributed by atoms with Gasteiger partial charge in [0.05, 0.1) is 17.4 Å². The van der Waals surface area contributed by atoms with Crippen LogP contribution in [0.1, 0.15) is 74.6 Å². The molecule has 1 saturated carbocycles. The van der Waals surface area contributed by atoms with E-state index in [1.807, 2.05) is 0 Å². The molecule has 2 aromatic rings. The van der Waals surface area contributed by atoms with E-state index in [0.29, 0.717) is 36.6 Å². The molecule has 0 spiro atoms. The Labute approximate surface area is 233 Å². The first-order valence-corrected chi connectivity index (χ1v) is 14.5. The zero-order valence-electron chi connectivity index (χ0n) is 23.1. The van der Waals surface area contributed by atoms with Gasteiger partial charge >= 0.3 is 0 Å². The van der Waals surface area contributed by atoms with Crippen LogP contribution in [0.4, 0.5) is 31.9 Å². The van der Waals surface area contributed by atoms with E-state index in [9.17, 15) is 9.59 Å². The summed E-state index contributed by atoms with van der Waals surface area (Å²) < 4.78 is 30.3. The highest BCUT2D eigenvalue weighted by molar-refractivity contribution is 5.97. The first-order valence-electron chi connectivity index (χ1n) is 14.5. The van der Waals surface area contributed by atoms with Crippen molar-refractivity contribution < 1.29 is 18.4 Å². The maximum atomic E-state index is 15.2. The second kappa shape index (κ2) is 10.9. The Balaban J connectivity index is 1.20. The van der Waals surface area contributed by atoms with E-state index in [4.69, 9.17) is 0 Å². The van der Waals surface area contributed by atoms with Gasteiger partial charge in [0.15, 0.2) is 5.82 Å². The van der Waals surface area contributed by atoms with Gasteiger partial charge in [0.1, 0.15) is 17.3 Å². The van der Waals surface area contributed by atoms with Crippen molar-refractivity contribution in [2.24, 2.45) is 0 Å². The van der Waals surface area contributed by atoms with Crippen LogP contribution in [-0.4, -0.2) is 71.5 Å². The Hall–Kier alpha value is -3.34. The van der Waals surface area contributed by atoms with E-state index in [1.54, 1.807) is 18.1 Å². The fourth-order valence-corrected chi connectivity index (χ4v) is 7.00. The molecule has 3 fully saturated rings. The summed E-state index contributed by atoms with van der Waals surface area (Å²) in [5, 5.41) is 5.74. The van der Waals surface area contributed by atoms with E-state index in [-0.39, 0.29) is 35.2 Å². The van der Waals surface area contributed by atoms with Crippen molar-refractivity contribution in [3.63, 3.8) is 0 Å². The van der Waals surface area contributed by atoms with Crippen molar-refractivity contribution in [2.45, 2.75) is 88.4 Å². The van der Waals surface area contributed by atoms with E-state index >= 15 is 8.78 Å². The van der Waals surface area contributed by atoms with Gasteiger partial charge < -0.3 is 25.3 Å². The fourth-order valence-electron chi connectivity index (χ4n) is 7.00. The molecule has 2 amide bonds. The number of hydrogen-bond acceptors (Lipinski definition) is 7. The SMILES string of the molecule is CN1C(=O)CCN(C2CCCC2)c2nc(Nc3cc(F)c(C(=O)NC4C[C@H]5CCC[C@@H](C4)N5C)cc3F)ncc21. The summed E-state index contributed by atoms with van der Waals surface area (Å²) >= 11 is 0. The lowest BCUT2D eigenvalue weighted by atomic mass is 9.82. The summed E-state index contributed by atoms with van der Waals surface area (Å²) in [5.74, 6) is -1.50. The van der Waals surface area contributed by atoms with Gasteiger partial charge in [-0.05, 0) is 51.6 Å². The van der Waals surface area contributed by atoms with Gasteiger partial charge in [0.25, 0.3) is 5.91 Å². The molecular formula is C29H37F2N7O2. The predicted molar refractivity (Wildman–Crippen MR) is 149 cm³/mol. The number of nitrogens with zero attached hydrogens (tertiary/aromatic N) is 5. The van der Waals surface area contributed by atoms with Gasteiger partial charge in [-0.3, -0.25) is 9.59 Å². The Morgan fingerprint density at radius 2 is 1.68 bits per heavy atom. The third-order valence-corrected chi connectivity index (χ3v) is 9.31. The Morgan fingerprint density at radius 3 is 2.40 bits per heavy atom. The summed E-state index contributed by atoms with van der Waals surface area (Å²) in [6.07, 6.45) is 11.2. The van der Waals surface area contributed by atoms with Crippen molar-refractivity contribution in [3.8, 4) is 0 Å². The molecule has 1 aromatic carbocycles. The van der Waals surface area contributed by atoms with Crippen LogP contribution in [0.15, 0.2) is 18.3 Å². The average Bonchev–Trinajstić information content (AvgIpc) is 3.42. The molecule has 2 saturated heterocycles. The molecule has 3 atom stereocenters. The van der Waals surface area contributed by atoms with Gasteiger partial charge in [0, 0.05) is 50.2 Å². The highest BCUT2D eigenvalue weighted by Gasteiger charge is 2.37. The maximum Gasteiger partial charge on any atom is 0.254 e. The normalized spacial score (nSPS) is 25.5. The molecule has 1 aromatic heterocycles. The van der Waals surface area contributed by atoms with Crippen LogP contribution in [0, 0.1) is 11.6 Å². The number of carbonyl (C=O) groups is 2. The minimum absolute atomic E-state index is 0.0171. The summed E-state index contributed by atoms with van der Waals surface area (Å²) in [5.41, 5.74) is 0.118. The highest BCUT2D eigenvalue weighted by Crippen LogP contribution is 2.37. The lowest BCUT2D eigenvalue weighted by Gasteiger charge is -2.47. The monoisotopic (exact) mass is 553 g/mol. The molecule has 11 heteroatoms. The second-order valence-electron chi connectivity index (χ2n) is 11.7. The number of carbonyl (C=O) groups excluding carboxylic acids is 2. The molecule has 4 aliphatic rings. The van der Waals surface area contributed by atoms with Crippen LogP contribution in [-0.2, 0) is 4.79 Å². The molecule has 1 aliphatic carbocycles. The molecule has 9 nitrogen and oxygen atoms in total. The number of fused-ring (bicyclic) bond motifs is 3. The molecule has 2 N–H and O–H groups in total. The topological polar surface area (TPSA) is 93.7 Å². The molecule has 1 unspecified atom stereocenters. The summed E-state index contributed by atoms with van der Waals surface area (Å²) in [7, 11) is 3.83. The van der Waals surface area contributed by atoms with Crippen LogP contribution < -0.4 is 20.4 Å². The van der Waals surface area contributed by atoms with Crippen molar-refractivity contribution >= 4 is 35.0 Å². The van der Waals surface area contributed by atoms with E-state index in [1.165, 1.54) is 6.42 Å². The number of aromatic nitrogens is 2. The minimum atomic E-state index is -0.817. The number of piperidine rings is 2. The Bertz CT molecular complexity index is 1290. The fraction of sp³-hybridized carbons (Fsp3) is 0.586. The van der Waals surface area contributed by atoms with Crippen LogP contribution >= 0.6 is 0 Å². The van der Waals surface area contributed by atoms with E-state index in [2.05, 4.69) is 37.4 Å². The summed E-state index contributed by atoms with van der Waals surface area (Å²) in [6, 6.07) is 2.96. The molecule has 40 heavy (non-hydrogen) atoms. The molecule has 6 rings (SSSR count). The maximum absolute atomic E-state index is 15.2. The Morgan fingerprint density at radius 1 is 0.975 bits per heavy atom. The average molecular weight is 554 g/mol. The molecule has 4 heterocycles. The summed E-state index contributed by atoms with van der Waals surface area (Å²) in [6.45, 7) is 0.545. The number of anilines is 4. The first kappa shape index (κ1) is 26.9. The Kier molecular flexibility index (Phi) is 7.33. The number of amides is 2. The standard InChI is InChI=1S/C29H37F2N7O2/c1-36-19-8-5-9-20(36)13-17(12-19)33-28(40)21-14-23(31)24(15-22(21)30)34-29-32-16-25-27(35-29)38(18-6-3-4-7-18)11-10-26(39)37(25)2/h14-20H,3-13H2,1-2H3,(H,33,40)(H,32,34,35)/t17?,19-,20+. The van der Waals surface area contributed by atoms with Crippen molar-refractivity contribution in [2.75, 3.05) is 35.8 Å². The molecule has 2 bridgehead atoms. The zero-order chi connectivity index (χ0) is 28.0. The number of nitrogens with one attached hydrogen (secondary N) is 2. The largest absolute Gasteiger partial charge is 0.351 e. The summed E-state index contributed by atoms with van der Waals surface area (Å²) in [4.78, 5) is 40.6. The number of hydrogen-bond donors (Lipinski definition) is 2. The van der Waals surface area contributed by atoms with E-state index < -0.39 is 17.5 Å². The van der Waals surface area contributed by atoms with Crippen molar-refractivity contribution in [1.29, 1.82) is 0 Å². The third kappa shape index (κ3) is 5.11. The minimum Gasteiger partial charge on any atom is -0.351 e. The third-order valence-electron chi connectivity index (χ3n) is 9.31. The molecule has 214 valence electrons. The quantitative estimate of drug-likeness (QED) is 0.568. The smallest absolute Gasteiger partial charge is 0.254 e. The van der Waals surface area contributed by atoms with Crippen LogP contribution in [0.25, 0.3) is 0 Å². The molecule has 0 radical (unpaired) electrons. The van der Waals surface area contributed by atoms with Crippen molar-refractivity contribution in [3.05, 3.63) is 35.5 Å². The number of halogens is 2. The van der Waals surface area contributed by atoms with Crippen molar-refractivity contribution in [1.82, 2.24) is 20.2 Å². The molecular weight excluding hydrogens is 516 g/mol. The van der Waals surface area contributed by atoms with Crippen LogP contribution in [0.2, 0.25) is 0 Å². The van der Waals surface area contributed by atoms with Gasteiger partial charge in [-0.1, -0.05) is 19.3 Å². The van der Waals surface area contributed by atoms with Gasteiger partial charge in [-0.2, -0.15) is 4.98 Å². The number of benzene rings is 1. The number of rotatable bonds is 5. The lowest BCUT2D eigenvalue weighted by Crippen LogP contribution is -2.55. The van der Waals surface area contributed by atoms with Crippen LogP contribution in [0.3, 0.4) is 0 Å². The van der Waals surface area contributed by atoms with Gasteiger partial charge in [-0.25, -0.2) is 13.8 Å². The molecule has 3 aliphatic heterocycles. The second-order valence-corrected chi connectivity index (χ2v) is 11.7. The van der Waals surface area contributed by atoms with Crippen LogP contribution in [0.5, 0.6) is 0 Å². The first-order chi connectivity index (χ1) is 19.3. The van der Waals surface area contributed by atoms with Gasteiger partial charge in [-0.15, -0.1) is 0 Å². The highest BCUT2D eigenvalue weighted by atomic mass is 19.1. The predicted octanol–water partition coefficient (Wildman–Crippen LogP) is 4.36. The zero-order valence-corrected chi connectivity index (χ0v) is 23.1. The lowest BCUT2D eigenvalue weighted by molar-refractivity contribution is -0.118. The van der Waals surface area contributed by atoms with E-state index in [0.717, 1.165) is 63.5 Å². The van der Waals surface area contributed by atoms with Gasteiger partial charge in [0.2, 0.25) is 11.9 Å².